The van der Waals surface area contributed by atoms with Gasteiger partial charge in [0, 0.05) is 12.5 Å². The van der Waals surface area contributed by atoms with E-state index >= 15 is 0 Å². The van der Waals surface area contributed by atoms with E-state index in [0.29, 0.717) is 29.4 Å². The number of hydrogen-bond acceptors (Lipinski definition) is 3. The first-order valence-corrected chi connectivity index (χ1v) is 8.41. The van der Waals surface area contributed by atoms with Gasteiger partial charge in [-0.2, -0.15) is 0 Å². The van der Waals surface area contributed by atoms with Crippen LogP contribution < -0.4 is 15.0 Å². The summed E-state index contributed by atoms with van der Waals surface area (Å²) in [6.45, 7) is 4.05. The third kappa shape index (κ3) is 3.61. The zero-order chi connectivity index (χ0) is 18.0. The quantitative estimate of drug-likeness (QED) is 0.892. The van der Waals surface area contributed by atoms with Crippen LogP contribution in [0.25, 0.3) is 0 Å². The van der Waals surface area contributed by atoms with Crippen LogP contribution in [0.3, 0.4) is 0 Å². The number of aryl methyl sites for hydroxylation is 1. The molecule has 0 aromatic heterocycles. The van der Waals surface area contributed by atoms with E-state index < -0.39 is 6.04 Å². The number of rotatable bonds is 5. The van der Waals surface area contributed by atoms with Gasteiger partial charge in [0.05, 0.1) is 17.3 Å². The van der Waals surface area contributed by atoms with Crippen LogP contribution in [0.2, 0.25) is 5.02 Å². The van der Waals surface area contributed by atoms with Gasteiger partial charge >= 0.3 is 0 Å². The average Bonchev–Trinajstić information content (AvgIpc) is 2.81. The first-order valence-electron chi connectivity index (χ1n) is 8.03. The number of amides is 2. The molecule has 2 amide bonds. The van der Waals surface area contributed by atoms with E-state index in [-0.39, 0.29) is 11.8 Å². The zero-order valence-corrected chi connectivity index (χ0v) is 14.8. The first-order chi connectivity index (χ1) is 12.0. The molecule has 1 N–H and O–H groups in total. The molecule has 1 aliphatic heterocycles. The molecule has 0 spiro atoms. The van der Waals surface area contributed by atoms with Gasteiger partial charge in [0.1, 0.15) is 18.4 Å². The van der Waals surface area contributed by atoms with Crippen molar-refractivity contribution in [1.29, 1.82) is 0 Å². The Morgan fingerprint density at radius 3 is 2.76 bits per heavy atom. The summed E-state index contributed by atoms with van der Waals surface area (Å²) in [7, 11) is 0. The summed E-state index contributed by atoms with van der Waals surface area (Å²) in [5, 5.41) is 3.17. The highest BCUT2D eigenvalue weighted by Gasteiger charge is 2.38. The molecule has 25 heavy (non-hydrogen) atoms. The molecule has 0 aliphatic carbocycles. The van der Waals surface area contributed by atoms with Crippen LogP contribution >= 0.6 is 11.6 Å². The smallest absolute Gasteiger partial charge is 0.254 e. The number of anilines is 1. The molecule has 1 heterocycles. The molecule has 6 heteroatoms. The van der Waals surface area contributed by atoms with E-state index in [1.54, 1.807) is 23.1 Å². The first kappa shape index (κ1) is 17.3. The summed E-state index contributed by atoms with van der Waals surface area (Å²) in [6, 6.07) is 12.3. The Labute approximate surface area is 151 Å². The predicted molar refractivity (Wildman–Crippen MR) is 97.0 cm³/mol. The van der Waals surface area contributed by atoms with E-state index in [9.17, 15) is 9.59 Å². The van der Waals surface area contributed by atoms with Crippen molar-refractivity contribution in [3.8, 4) is 5.75 Å². The number of carbonyl (C=O) groups is 2. The van der Waals surface area contributed by atoms with Crippen molar-refractivity contribution >= 4 is 29.1 Å². The molecule has 0 unspecified atom stereocenters. The largest absolute Gasteiger partial charge is 0.492 e. The number of benzene rings is 2. The molecular formula is C19H19ClN2O3. The van der Waals surface area contributed by atoms with Gasteiger partial charge < -0.3 is 15.0 Å². The molecule has 130 valence electrons. The fourth-order valence-corrected chi connectivity index (χ4v) is 3.26. The topological polar surface area (TPSA) is 58.6 Å². The second-order valence-corrected chi connectivity index (χ2v) is 6.37. The second kappa shape index (κ2) is 7.15. The highest BCUT2D eigenvalue weighted by atomic mass is 35.5. The Balaban J connectivity index is 1.77. The number of nitrogens with zero attached hydrogens (tertiary/aromatic N) is 1. The minimum Gasteiger partial charge on any atom is -0.492 e. The normalized spacial score (nSPS) is 15.9. The number of carbonyl (C=O) groups excluding carboxylic acids is 2. The summed E-state index contributed by atoms with van der Waals surface area (Å²) in [5.41, 5.74) is 2.46. The van der Waals surface area contributed by atoms with Gasteiger partial charge in [0.25, 0.3) is 5.91 Å². The van der Waals surface area contributed by atoms with Crippen LogP contribution in [-0.4, -0.2) is 25.0 Å². The van der Waals surface area contributed by atoms with Crippen molar-refractivity contribution in [3.63, 3.8) is 0 Å². The number of fused-ring (bicyclic) bond motifs is 1. The maximum absolute atomic E-state index is 12.7. The Bertz CT molecular complexity index is 822. The predicted octanol–water partition coefficient (Wildman–Crippen LogP) is 3.25. The summed E-state index contributed by atoms with van der Waals surface area (Å²) in [6.07, 6.45) is 0. The minimum absolute atomic E-state index is 0.203. The Morgan fingerprint density at radius 2 is 2.04 bits per heavy atom. The minimum atomic E-state index is -0.704. The van der Waals surface area contributed by atoms with E-state index in [1.165, 1.54) is 6.92 Å². The highest BCUT2D eigenvalue weighted by molar-refractivity contribution is 6.34. The highest BCUT2D eigenvalue weighted by Crippen LogP contribution is 2.40. The molecule has 0 radical (unpaired) electrons. The van der Waals surface area contributed by atoms with Crippen LogP contribution in [0.1, 0.15) is 24.1 Å². The fourth-order valence-electron chi connectivity index (χ4n) is 2.97. The Morgan fingerprint density at radius 1 is 1.28 bits per heavy atom. The van der Waals surface area contributed by atoms with Crippen molar-refractivity contribution in [1.82, 2.24) is 5.32 Å². The third-order valence-electron chi connectivity index (χ3n) is 4.03. The molecule has 3 rings (SSSR count). The Kier molecular flexibility index (Phi) is 4.95. The maximum Gasteiger partial charge on any atom is 0.254 e. The molecule has 0 bridgehead atoms. The number of halogens is 1. The molecule has 0 saturated heterocycles. The molecule has 5 nitrogen and oxygen atoms in total. The molecule has 1 atom stereocenters. The van der Waals surface area contributed by atoms with Crippen LogP contribution in [0.4, 0.5) is 5.69 Å². The van der Waals surface area contributed by atoms with Crippen molar-refractivity contribution in [2.75, 3.05) is 18.1 Å². The Hall–Kier alpha value is -2.53. The molecule has 2 aromatic carbocycles. The molecule has 2 aromatic rings. The summed E-state index contributed by atoms with van der Waals surface area (Å²) >= 11 is 6.30. The average molecular weight is 359 g/mol. The molecule has 0 fully saturated rings. The molecule has 1 aliphatic rings. The van der Waals surface area contributed by atoms with E-state index in [2.05, 4.69) is 5.32 Å². The van der Waals surface area contributed by atoms with Crippen LogP contribution in [-0.2, 0) is 9.59 Å². The van der Waals surface area contributed by atoms with E-state index in [0.717, 1.165) is 11.3 Å². The van der Waals surface area contributed by atoms with Gasteiger partial charge in [0.15, 0.2) is 0 Å². The molecular weight excluding hydrogens is 340 g/mol. The van der Waals surface area contributed by atoms with Gasteiger partial charge in [-0.25, -0.2) is 0 Å². The molecule has 0 saturated carbocycles. The lowest BCUT2D eigenvalue weighted by Gasteiger charge is -2.19. The van der Waals surface area contributed by atoms with Crippen LogP contribution in [0, 0.1) is 6.92 Å². The van der Waals surface area contributed by atoms with Crippen molar-refractivity contribution < 1.29 is 14.3 Å². The number of ether oxygens (including phenoxy) is 1. The number of para-hydroxylation sites is 1. The zero-order valence-electron chi connectivity index (χ0n) is 14.1. The standard InChI is InChI=1S/C19H19ClN2O3/c1-12-5-3-6-14(11-12)25-10-9-22-18-15(7-4-8-16(18)20)17(19(22)24)21-13(2)23/h3-8,11,17H,9-10H2,1-2H3,(H,21,23)/t17-/m0/s1. The van der Waals surface area contributed by atoms with Crippen LogP contribution in [0.15, 0.2) is 42.5 Å². The summed E-state index contributed by atoms with van der Waals surface area (Å²) in [4.78, 5) is 25.8. The third-order valence-corrected chi connectivity index (χ3v) is 4.34. The van der Waals surface area contributed by atoms with Crippen molar-refractivity contribution in [3.05, 3.63) is 58.6 Å². The van der Waals surface area contributed by atoms with Gasteiger partial charge in [0.2, 0.25) is 5.91 Å². The SMILES string of the molecule is CC(=O)N[C@@H]1C(=O)N(CCOc2cccc(C)c2)c2c(Cl)cccc21. The maximum atomic E-state index is 12.7. The number of hydrogen-bond donors (Lipinski definition) is 1. The van der Waals surface area contributed by atoms with Crippen molar-refractivity contribution in [2.24, 2.45) is 0 Å². The lowest BCUT2D eigenvalue weighted by molar-refractivity contribution is -0.126. The lowest BCUT2D eigenvalue weighted by atomic mass is 10.1. The fraction of sp³-hybridized carbons (Fsp3) is 0.263. The van der Waals surface area contributed by atoms with Crippen LogP contribution in [0.5, 0.6) is 5.75 Å². The monoisotopic (exact) mass is 358 g/mol. The van der Waals surface area contributed by atoms with Gasteiger partial charge in [-0.05, 0) is 30.7 Å². The van der Waals surface area contributed by atoms with Gasteiger partial charge in [-0.15, -0.1) is 0 Å². The van der Waals surface area contributed by atoms with Gasteiger partial charge in [-0.3, -0.25) is 9.59 Å². The second-order valence-electron chi connectivity index (χ2n) is 5.97. The van der Waals surface area contributed by atoms with E-state index in [1.807, 2.05) is 31.2 Å². The summed E-state index contributed by atoms with van der Waals surface area (Å²) in [5.74, 6) is 0.290. The van der Waals surface area contributed by atoms with Gasteiger partial charge in [-0.1, -0.05) is 35.9 Å². The van der Waals surface area contributed by atoms with Crippen molar-refractivity contribution in [2.45, 2.75) is 19.9 Å². The van der Waals surface area contributed by atoms with E-state index in [4.69, 9.17) is 16.3 Å². The summed E-state index contributed by atoms with van der Waals surface area (Å²) < 4.78 is 5.74. The lowest BCUT2D eigenvalue weighted by Crippen LogP contribution is -2.38. The number of nitrogens with one attached hydrogen (secondary N) is 1.